The van der Waals surface area contributed by atoms with Gasteiger partial charge in [0.15, 0.2) is 0 Å². The van der Waals surface area contributed by atoms with E-state index in [-0.39, 0.29) is 0 Å². The molecule has 0 atom stereocenters. The number of unbranched alkanes of at least 4 members (excludes halogenated alkanes) is 1. The molecule has 0 bridgehead atoms. The lowest BCUT2D eigenvalue weighted by atomic mass is 10.1. The predicted molar refractivity (Wildman–Crippen MR) is 46.0 cm³/mol. The number of carbonyl (C=O) groups is 1. The maximum atomic E-state index is 10.1. The van der Waals surface area contributed by atoms with Gasteiger partial charge in [-0.3, -0.25) is 0 Å². The van der Waals surface area contributed by atoms with Crippen LogP contribution in [0.2, 0.25) is 0 Å². The standard InChI is InChI=1S/C8H13ClO2/c1-7(6-8(10)11)4-2-3-5-9/h6H,2-5H2,1H3,(H,10,11)/b7-6+. The smallest absolute Gasteiger partial charge is 0.328 e. The summed E-state index contributed by atoms with van der Waals surface area (Å²) in [5.74, 6) is -0.214. The molecule has 0 saturated carbocycles. The summed E-state index contributed by atoms with van der Waals surface area (Å²) in [5, 5.41) is 8.34. The van der Waals surface area contributed by atoms with Gasteiger partial charge in [-0.2, -0.15) is 0 Å². The van der Waals surface area contributed by atoms with Crippen LogP contribution in [0.25, 0.3) is 0 Å². The summed E-state index contributed by atoms with van der Waals surface area (Å²) < 4.78 is 0. The summed E-state index contributed by atoms with van der Waals surface area (Å²) in [5.41, 5.74) is 0.905. The minimum atomic E-state index is -0.867. The molecule has 3 heteroatoms. The topological polar surface area (TPSA) is 37.3 Å². The molecular formula is C8H13ClO2. The molecule has 0 aliphatic carbocycles. The van der Waals surface area contributed by atoms with Gasteiger partial charge in [0.2, 0.25) is 0 Å². The Morgan fingerprint density at radius 3 is 2.64 bits per heavy atom. The van der Waals surface area contributed by atoms with E-state index in [0.717, 1.165) is 24.8 Å². The molecule has 0 rings (SSSR count). The van der Waals surface area contributed by atoms with Crippen molar-refractivity contribution in [1.82, 2.24) is 0 Å². The Morgan fingerprint density at radius 1 is 1.55 bits per heavy atom. The second-order valence-electron chi connectivity index (χ2n) is 2.48. The molecule has 0 amide bonds. The molecule has 0 aliphatic rings. The number of hydrogen-bond acceptors (Lipinski definition) is 1. The number of aliphatic carboxylic acids is 1. The molecule has 0 saturated heterocycles. The van der Waals surface area contributed by atoms with Crippen LogP contribution in [0, 0.1) is 0 Å². The Kier molecular flexibility index (Phi) is 5.94. The maximum absolute atomic E-state index is 10.1. The van der Waals surface area contributed by atoms with Crippen molar-refractivity contribution in [2.75, 3.05) is 5.88 Å². The lowest BCUT2D eigenvalue weighted by molar-refractivity contribution is -0.131. The SMILES string of the molecule is C/C(=C\C(=O)O)CCCCCl. The van der Waals surface area contributed by atoms with Gasteiger partial charge in [-0.05, 0) is 26.2 Å². The van der Waals surface area contributed by atoms with Crippen LogP contribution < -0.4 is 0 Å². The Labute approximate surface area is 71.9 Å². The van der Waals surface area contributed by atoms with E-state index >= 15 is 0 Å². The van der Waals surface area contributed by atoms with E-state index in [1.807, 2.05) is 6.92 Å². The summed E-state index contributed by atoms with van der Waals surface area (Å²) >= 11 is 5.45. The first-order valence-electron chi connectivity index (χ1n) is 3.63. The van der Waals surface area contributed by atoms with Gasteiger partial charge in [0.25, 0.3) is 0 Å². The van der Waals surface area contributed by atoms with Gasteiger partial charge in [0.1, 0.15) is 0 Å². The summed E-state index contributed by atoms with van der Waals surface area (Å²) in [7, 11) is 0. The van der Waals surface area contributed by atoms with Crippen LogP contribution in [0.4, 0.5) is 0 Å². The van der Waals surface area contributed by atoms with Gasteiger partial charge in [-0.25, -0.2) is 4.79 Å². The molecule has 0 aromatic carbocycles. The van der Waals surface area contributed by atoms with Crippen LogP contribution in [-0.2, 0) is 4.79 Å². The molecule has 11 heavy (non-hydrogen) atoms. The van der Waals surface area contributed by atoms with Crippen molar-refractivity contribution in [3.05, 3.63) is 11.6 Å². The summed E-state index contributed by atoms with van der Waals surface area (Å²) in [6.07, 6.45) is 4.00. The Bertz CT molecular complexity index is 152. The third kappa shape index (κ3) is 7.40. The van der Waals surface area contributed by atoms with Crippen molar-refractivity contribution < 1.29 is 9.90 Å². The highest BCUT2D eigenvalue weighted by Crippen LogP contribution is 2.06. The Morgan fingerprint density at radius 2 is 2.18 bits per heavy atom. The summed E-state index contributed by atoms with van der Waals surface area (Å²) in [6, 6.07) is 0. The number of allylic oxidation sites excluding steroid dienone is 1. The zero-order valence-corrected chi connectivity index (χ0v) is 7.40. The van der Waals surface area contributed by atoms with E-state index in [9.17, 15) is 4.79 Å². The Hall–Kier alpha value is -0.500. The highest BCUT2D eigenvalue weighted by molar-refractivity contribution is 6.17. The van der Waals surface area contributed by atoms with Crippen LogP contribution in [0.1, 0.15) is 26.2 Å². The van der Waals surface area contributed by atoms with E-state index in [0.29, 0.717) is 5.88 Å². The second-order valence-corrected chi connectivity index (χ2v) is 2.85. The predicted octanol–water partition coefficient (Wildman–Crippen LogP) is 2.43. The highest BCUT2D eigenvalue weighted by Gasteiger charge is 1.93. The number of rotatable bonds is 5. The summed E-state index contributed by atoms with van der Waals surface area (Å²) in [4.78, 5) is 10.1. The van der Waals surface area contributed by atoms with Crippen LogP contribution in [-0.4, -0.2) is 17.0 Å². The first-order valence-corrected chi connectivity index (χ1v) is 4.16. The summed E-state index contributed by atoms with van der Waals surface area (Å²) in [6.45, 7) is 1.82. The van der Waals surface area contributed by atoms with Crippen LogP contribution in [0.15, 0.2) is 11.6 Å². The van der Waals surface area contributed by atoms with E-state index in [1.54, 1.807) is 0 Å². The van der Waals surface area contributed by atoms with E-state index in [2.05, 4.69) is 0 Å². The molecule has 0 fully saturated rings. The molecule has 0 radical (unpaired) electrons. The number of hydrogen-bond donors (Lipinski definition) is 1. The number of halogens is 1. The van der Waals surface area contributed by atoms with Crippen LogP contribution in [0.5, 0.6) is 0 Å². The van der Waals surface area contributed by atoms with Gasteiger partial charge < -0.3 is 5.11 Å². The molecular weight excluding hydrogens is 164 g/mol. The number of carboxylic acid groups (broad SMARTS) is 1. The van der Waals surface area contributed by atoms with Crippen molar-refractivity contribution in [1.29, 1.82) is 0 Å². The molecule has 0 aliphatic heterocycles. The zero-order chi connectivity index (χ0) is 8.69. The van der Waals surface area contributed by atoms with Crippen molar-refractivity contribution in [3.63, 3.8) is 0 Å². The van der Waals surface area contributed by atoms with Crippen molar-refractivity contribution in [2.45, 2.75) is 26.2 Å². The third-order valence-corrected chi connectivity index (χ3v) is 1.59. The van der Waals surface area contributed by atoms with E-state index < -0.39 is 5.97 Å². The monoisotopic (exact) mass is 176 g/mol. The molecule has 64 valence electrons. The van der Waals surface area contributed by atoms with Crippen molar-refractivity contribution in [3.8, 4) is 0 Å². The van der Waals surface area contributed by atoms with Gasteiger partial charge >= 0.3 is 5.97 Å². The zero-order valence-electron chi connectivity index (χ0n) is 6.64. The van der Waals surface area contributed by atoms with Gasteiger partial charge in [-0.15, -0.1) is 11.6 Å². The normalized spacial score (nSPS) is 11.6. The average molecular weight is 177 g/mol. The minimum absolute atomic E-state index is 0.653. The fourth-order valence-electron chi connectivity index (χ4n) is 0.781. The lowest BCUT2D eigenvalue weighted by Crippen LogP contribution is -1.90. The van der Waals surface area contributed by atoms with Gasteiger partial charge in [0, 0.05) is 12.0 Å². The average Bonchev–Trinajstić information content (AvgIpc) is 1.86. The number of alkyl halides is 1. The van der Waals surface area contributed by atoms with Crippen molar-refractivity contribution in [2.24, 2.45) is 0 Å². The second kappa shape index (κ2) is 6.23. The first kappa shape index (κ1) is 10.5. The van der Waals surface area contributed by atoms with Gasteiger partial charge in [-0.1, -0.05) is 5.57 Å². The van der Waals surface area contributed by atoms with E-state index in [4.69, 9.17) is 16.7 Å². The molecule has 0 heterocycles. The molecule has 0 aromatic rings. The quantitative estimate of drug-likeness (QED) is 0.397. The number of carboxylic acids is 1. The van der Waals surface area contributed by atoms with Crippen molar-refractivity contribution >= 4 is 17.6 Å². The highest BCUT2D eigenvalue weighted by atomic mass is 35.5. The molecule has 2 nitrogen and oxygen atoms in total. The molecule has 0 spiro atoms. The molecule has 0 unspecified atom stereocenters. The minimum Gasteiger partial charge on any atom is -0.478 e. The van der Waals surface area contributed by atoms with Crippen LogP contribution >= 0.6 is 11.6 Å². The Balaban J connectivity index is 3.51. The lowest BCUT2D eigenvalue weighted by Gasteiger charge is -1.96. The van der Waals surface area contributed by atoms with E-state index in [1.165, 1.54) is 6.08 Å². The first-order chi connectivity index (χ1) is 5.16. The van der Waals surface area contributed by atoms with Gasteiger partial charge in [0.05, 0.1) is 0 Å². The van der Waals surface area contributed by atoms with Crippen LogP contribution in [0.3, 0.4) is 0 Å². The third-order valence-electron chi connectivity index (χ3n) is 1.32. The maximum Gasteiger partial charge on any atom is 0.328 e. The molecule has 1 N–H and O–H groups in total. The fourth-order valence-corrected chi connectivity index (χ4v) is 0.970. The molecule has 0 aromatic heterocycles. The fraction of sp³-hybridized carbons (Fsp3) is 0.625. The largest absolute Gasteiger partial charge is 0.478 e.